The van der Waals surface area contributed by atoms with E-state index in [1.54, 1.807) is 0 Å². The van der Waals surface area contributed by atoms with Crippen LogP contribution >= 0.6 is 12.6 Å². The minimum Gasteiger partial charge on any atom is -0.371 e. The molecular formula is C27H35N3O2S. The second-order valence-electron chi connectivity index (χ2n) is 9.29. The molecule has 1 aliphatic heterocycles. The third kappa shape index (κ3) is 5.34. The first kappa shape index (κ1) is 25.1. The van der Waals surface area contributed by atoms with Gasteiger partial charge in [0.15, 0.2) is 0 Å². The molecular weight excluding hydrogens is 430 g/mol. The second kappa shape index (κ2) is 11.0. The number of fused-ring (bicyclic) bond motifs is 1. The standard InChI is InChI=1S/C26H35N3S.CO2/c1-6-20-9-11-28(12-10-20)24-13-19(5)27-26-25(24)18(4)15-29(26)23-8-7-21(17(2)3)14-22(23)16-30;2-1-3/h7-8,13-15,17,20,30H,6,9-12,16H2,1-5H3;. The molecule has 0 saturated carbocycles. The molecule has 0 N–H and O–H groups in total. The monoisotopic (exact) mass is 465 g/mol. The van der Waals surface area contributed by atoms with E-state index in [1.807, 2.05) is 0 Å². The number of aromatic nitrogens is 2. The Balaban J connectivity index is 0.000000968. The van der Waals surface area contributed by atoms with Crippen LogP contribution < -0.4 is 4.90 Å². The number of rotatable bonds is 5. The van der Waals surface area contributed by atoms with Crippen molar-refractivity contribution in [2.75, 3.05) is 18.0 Å². The third-order valence-corrected chi connectivity index (χ3v) is 7.13. The van der Waals surface area contributed by atoms with Crippen LogP contribution in [0.3, 0.4) is 0 Å². The number of thiol groups is 1. The molecule has 0 atom stereocenters. The van der Waals surface area contributed by atoms with Crippen LogP contribution in [-0.2, 0) is 15.3 Å². The normalized spacial score (nSPS) is 14.3. The Bertz CT molecular complexity index is 1140. The Morgan fingerprint density at radius 2 is 1.79 bits per heavy atom. The van der Waals surface area contributed by atoms with E-state index in [-0.39, 0.29) is 6.15 Å². The molecule has 5 nitrogen and oxygen atoms in total. The molecule has 2 aromatic heterocycles. The van der Waals surface area contributed by atoms with Crippen molar-refractivity contribution >= 4 is 35.5 Å². The molecule has 1 saturated heterocycles. The molecule has 1 aliphatic rings. The summed E-state index contributed by atoms with van der Waals surface area (Å²) >= 11 is 4.65. The average Bonchev–Trinajstić information content (AvgIpc) is 3.14. The first-order valence-electron chi connectivity index (χ1n) is 11.8. The molecule has 4 rings (SSSR count). The summed E-state index contributed by atoms with van der Waals surface area (Å²) in [5.74, 6) is 2.11. The van der Waals surface area contributed by atoms with Crippen LogP contribution in [0.25, 0.3) is 16.7 Å². The predicted octanol–water partition coefficient (Wildman–Crippen LogP) is 6.24. The highest BCUT2D eigenvalue weighted by atomic mass is 32.1. The molecule has 176 valence electrons. The molecule has 3 aromatic rings. The maximum Gasteiger partial charge on any atom is 0.373 e. The van der Waals surface area contributed by atoms with Crippen LogP contribution in [0, 0.1) is 19.8 Å². The Morgan fingerprint density at radius 1 is 1.12 bits per heavy atom. The van der Waals surface area contributed by atoms with Crippen LogP contribution in [-0.4, -0.2) is 28.8 Å². The van der Waals surface area contributed by atoms with Crippen molar-refractivity contribution in [3.63, 3.8) is 0 Å². The van der Waals surface area contributed by atoms with Crippen molar-refractivity contribution in [2.24, 2.45) is 5.92 Å². The molecule has 0 unspecified atom stereocenters. The van der Waals surface area contributed by atoms with E-state index in [4.69, 9.17) is 14.6 Å². The Hall–Kier alpha value is -2.56. The van der Waals surface area contributed by atoms with Gasteiger partial charge in [-0.05, 0) is 67.3 Å². The summed E-state index contributed by atoms with van der Waals surface area (Å²) in [5, 5.41) is 1.30. The number of benzene rings is 1. The van der Waals surface area contributed by atoms with Crippen molar-refractivity contribution in [1.29, 1.82) is 0 Å². The molecule has 0 spiro atoms. The van der Waals surface area contributed by atoms with Gasteiger partial charge in [-0.2, -0.15) is 22.2 Å². The van der Waals surface area contributed by atoms with Gasteiger partial charge < -0.3 is 9.47 Å². The number of anilines is 1. The number of aryl methyl sites for hydroxylation is 2. The van der Waals surface area contributed by atoms with Gasteiger partial charge in [0.05, 0.1) is 5.69 Å². The van der Waals surface area contributed by atoms with Gasteiger partial charge in [-0.1, -0.05) is 39.3 Å². The summed E-state index contributed by atoms with van der Waals surface area (Å²) in [6.45, 7) is 13.4. The fourth-order valence-electron chi connectivity index (χ4n) is 4.85. The van der Waals surface area contributed by atoms with Crippen molar-refractivity contribution in [1.82, 2.24) is 9.55 Å². The number of nitrogens with zero attached hydrogens (tertiary/aromatic N) is 3. The zero-order valence-electron chi connectivity index (χ0n) is 20.4. The van der Waals surface area contributed by atoms with E-state index in [0.717, 1.165) is 36.1 Å². The Morgan fingerprint density at radius 3 is 2.36 bits per heavy atom. The van der Waals surface area contributed by atoms with Crippen molar-refractivity contribution in [3.8, 4) is 5.69 Å². The Labute approximate surface area is 202 Å². The lowest BCUT2D eigenvalue weighted by molar-refractivity contribution is -0.191. The molecule has 33 heavy (non-hydrogen) atoms. The van der Waals surface area contributed by atoms with Crippen LogP contribution in [0.5, 0.6) is 0 Å². The van der Waals surface area contributed by atoms with Gasteiger partial charge in [0.25, 0.3) is 0 Å². The number of carbonyl (C=O) groups excluding carboxylic acids is 2. The molecule has 1 fully saturated rings. The van der Waals surface area contributed by atoms with E-state index in [1.165, 1.54) is 52.7 Å². The van der Waals surface area contributed by atoms with E-state index in [0.29, 0.717) is 5.92 Å². The molecule has 1 aromatic carbocycles. The molecule has 0 radical (unpaired) electrons. The predicted molar refractivity (Wildman–Crippen MR) is 138 cm³/mol. The first-order chi connectivity index (χ1) is 15.8. The van der Waals surface area contributed by atoms with Gasteiger partial charge in [-0.25, -0.2) is 4.98 Å². The fraction of sp³-hybridized carbons (Fsp3) is 0.481. The van der Waals surface area contributed by atoms with Gasteiger partial charge in [-0.15, -0.1) is 0 Å². The highest BCUT2D eigenvalue weighted by Gasteiger charge is 2.23. The molecule has 0 bridgehead atoms. The lowest BCUT2D eigenvalue weighted by Crippen LogP contribution is -2.33. The molecule has 6 heteroatoms. The fourth-order valence-corrected chi connectivity index (χ4v) is 5.11. The van der Waals surface area contributed by atoms with E-state index in [9.17, 15) is 0 Å². The van der Waals surface area contributed by atoms with Gasteiger partial charge >= 0.3 is 6.15 Å². The lowest BCUT2D eigenvalue weighted by atomic mass is 9.94. The highest BCUT2D eigenvalue weighted by molar-refractivity contribution is 7.79. The van der Waals surface area contributed by atoms with E-state index >= 15 is 0 Å². The number of hydrogen-bond acceptors (Lipinski definition) is 5. The summed E-state index contributed by atoms with van der Waals surface area (Å²) in [6, 6.07) is 9.09. The third-order valence-electron chi connectivity index (χ3n) is 6.79. The number of piperidine rings is 1. The summed E-state index contributed by atoms with van der Waals surface area (Å²) < 4.78 is 2.29. The number of hydrogen-bond donors (Lipinski definition) is 1. The first-order valence-corrected chi connectivity index (χ1v) is 12.4. The SMILES string of the molecule is CCC1CCN(c2cc(C)nc3c2c(C)cn3-c2ccc(C(C)C)cc2CS)CC1.O=C=O. The van der Waals surface area contributed by atoms with Gasteiger partial charge in [0.2, 0.25) is 0 Å². The molecule has 3 heterocycles. The van der Waals surface area contributed by atoms with Gasteiger partial charge in [-0.3, -0.25) is 0 Å². The van der Waals surface area contributed by atoms with Crippen LogP contribution in [0.2, 0.25) is 0 Å². The van der Waals surface area contributed by atoms with E-state index < -0.39 is 0 Å². The largest absolute Gasteiger partial charge is 0.373 e. The maximum atomic E-state index is 8.12. The second-order valence-corrected chi connectivity index (χ2v) is 9.60. The smallest absolute Gasteiger partial charge is 0.371 e. The van der Waals surface area contributed by atoms with Crippen LogP contribution in [0.4, 0.5) is 5.69 Å². The summed E-state index contributed by atoms with van der Waals surface area (Å²) in [6.07, 6.45) is 6.39. The molecule has 0 amide bonds. The summed E-state index contributed by atoms with van der Waals surface area (Å²) in [5.41, 5.74) is 8.62. The summed E-state index contributed by atoms with van der Waals surface area (Å²) in [7, 11) is 0. The van der Waals surface area contributed by atoms with Gasteiger partial charge in [0.1, 0.15) is 5.65 Å². The van der Waals surface area contributed by atoms with Crippen LogP contribution in [0.1, 0.15) is 68.3 Å². The van der Waals surface area contributed by atoms with Crippen molar-refractivity contribution in [3.05, 3.63) is 52.8 Å². The lowest BCUT2D eigenvalue weighted by Gasteiger charge is -2.34. The average molecular weight is 466 g/mol. The topological polar surface area (TPSA) is 55.2 Å². The maximum absolute atomic E-state index is 8.12. The van der Waals surface area contributed by atoms with E-state index in [2.05, 4.69) is 87.2 Å². The summed E-state index contributed by atoms with van der Waals surface area (Å²) in [4.78, 5) is 23.8. The zero-order valence-corrected chi connectivity index (χ0v) is 21.3. The molecule has 0 aliphatic carbocycles. The Kier molecular flexibility index (Phi) is 8.39. The minimum atomic E-state index is 0.250. The number of pyridine rings is 1. The van der Waals surface area contributed by atoms with Crippen molar-refractivity contribution in [2.45, 2.75) is 65.6 Å². The minimum absolute atomic E-state index is 0.250. The quantitative estimate of drug-likeness (QED) is 0.453. The van der Waals surface area contributed by atoms with Gasteiger partial charge in [0, 0.05) is 41.8 Å². The van der Waals surface area contributed by atoms with Crippen molar-refractivity contribution < 1.29 is 9.59 Å². The highest BCUT2D eigenvalue weighted by Crippen LogP contribution is 2.36. The zero-order chi connectivity index (χ0) is 24.1. The van der Waals surface area contributed by atoms with Crippen LogP contribution in [0.15, 0.2) is 30.5 Å².